The van der Waals surface area contributed by atoms with Crippen LogP contribution in [0, 0.1) is 22.7 Å². The van der Waals surface area contributed by atoms with E-state index in [1.807, 2.05) is 6.07 Å². The summed E-state index contributed by atoms with van der Waals surface area (Å²) in [4.78, 5) is 7.97. The molecule has 0 unspecified atom stereocenters. The van der Waals surface area contributed by atoms with Crippen molar-refractivity contribution in [2.45, 2.75) is 33.1 Å². The molecule has 0 atom stereocenters. The standard InChI is InChI=1S/C13H18N4/c1-13(2,10-4-3-5-10)8-15-12-6-11(7-14)16-9-17-12/h6,9-10H,3-5,8H2,1-2H3,(H,15,16,17). The average molecular weight is 230 g/mol. The highest BCUT2D eigenvalue weighted by Crippen LogP contribution is 2.41. The van der Waals surface area contributed by atoms with Crippen molar-refractivity contribution in [2.24, 2.45) is 11.3 Å². The van der Waals surface area contributed by atoms with Crippen molar-refractivity contribution >= 4 is 5.82 Å². The smallest absolute Gasteiger partial charge is 0.145 e. The summed E-state index contributed by atoms with van der Waals surface area (Å²) in [5.74, 6) is 1.55. The molecule has 1 aliphatic rings. The maximum absolute atomic E-state index is 8.76. The number of anilines is 1. The first kappa shape index (κ1) is 11.8. The Morgan fingerprint density at radius 1 is 1.47 bits per heavy atom. The highest BCUT2D eigenvalue weighted by Gasteiger charge is 2.33. The Hall–Kier alpha value is -1.63. The summed E-state index contributed by atoms with van der Waals surface area (Å²) in [6.45, 7) is 5.46. The fourth-order valence-electron chi connectivity index (χ4n) is 2.17. The third-order valence-electron chi connectivity index (χ3n) is 3.72. The zero-order chi connectivity index (χ0) is 12.3. The van der Waals surface area contributed by atoms with Crippen LogP contribution >= 0.6 is 0 Å². The molecule has 1 N–H and O–H groups in total. The average Bonchev–Trinajstić information content (AvgIpc) is 2.24. The SMILES string of the molecule is CC(C)(CNc1cc(C#N)ncn1)C1CCC1. The molecule has 4 heteroatoms. The molecule has 0 radical (unpaired) electrons. The second-order valence-electron chi connectivity index (χ2n) is 5.37. The lowest BCUT2D eigenvalue weighted by molar-refractivity contribution is 0.134. The van der Waals surface area contributed by atoms with Crippen LogP contribution in [0.5, 0.6) is 0 Å². The van der Waals surface area contributed by atoms with Crippen molar-refractivity contribution in [1.29, 1.82) is 5.26 Å². The van der Waals surface area contributed by atoms with E-state index < -0.39 is 0 Å². The van der Waals surface area contributed by atoms with Crippen LogP contribution in [0.2, 0.25) is 0 Å². The number of nitrogens with one attached hydrogen (secondary N) is 1. The van der Waals surface area contributed by atoms with Gasteiger partial charge in [0.1, 0.15) is 23.9 Å². The molecular formula is C13H18N4. The third-order valence-corrected chi connectivity index (χ3v) is 3.72. The van der Waals surface area contributed by atoms with Crippen molar-refractivity contribution in [1.82, 2.24) is 9.97 Å². The molecule has 2 rings (SSSR count). The maximum Gasteiger partial charge on any atom is 0.145 e. The molecular weight excluding hydrogens is 212 g/mol. The molecule has 1 aromatic rings. The molecule has 0 amide bonds. The molecule has 0 aliphatic heterocycles. The van der Waals surface area contributed by atoms with E-state index in [9.17, 15) is 0 Å². The Morgan fingerprint density at radius 3 is 2.82 bits per heavy atom. The highest BCUT2D eigenvalue weighted by atomic mass is 15.0. The summed E-state index contributed by atoms with van der Waals surface area (Å²) in [7, 11) is 0. The van der Waals surface area contributed by atoms with Gasteiger partial charge in [0.15, 0.2) is 0 Å². The zero-order valence-electron chi connectivity index (χ0n) is 10.4. The number of aromatic nitrogens is 2. The van der Waals surface area contributed by atoms with Gasteiger partial charge in [-0.05, 0) is 24.2 Å². The largest absolute Gasteiger partial charge is 0.369 e. The monoisotopic (exact) mass is 230 g/mol. The second kappa shape index (κ2) is 4.70. The van der Waals surface area contributed by atoms with E-state index >= 15 is 0 Å². The second-order valence-corrected chi connectivity index (χ2v) is 5.37. The first-order chi connectivity index (χ1) is 8.12. The Morgan fingerprint density at radius 2 is 2.24 bits per heavy atom. The minimum atomic E-state index is 0.288. The predicted molar refractivity (Wildman–Crippen MR) is 66.4 cm³/mol. The van der Waals surface area contributed by atoms with Crippen LogP contribution in [0.15, 0.2) is 12.4 Å². The Labute approximate surface area is 102 Å². The van der Waals surface area contributed by atoms with Crippen LogP contribution in [0.3, 0.4) is 0 Å². The van der Waals surface area contributed by atoms with E-state index in [-0.39, 0.29) is 5.41 Å². The molecule has 0 bridgehead atoms. The van der Waals surface area contributed by atoms with Gasteiger partial charge in [0.05, 0.1) is 0 Å². The summed E-state index contributed by atoms with van der Waals surface area (Å²) >= 11 is 0. The van der Waals surface area contributed by atoms with Gasteiger partial charge in [0, 0.05) is 12.6 Å². The molecule has 90 valence electrons. The van der Waals surface area contributed by atoms with Gasteiger partial charge < -0.3 is 5.32 Å². The normalized spacial score (nSPS) is 16.1. The van der Waals surface area contributed by atoms with Gasteiger partial charge in [0.25, 0.3) is 0 Å². The fourth-order valence-corrected chi connectivity index (χ4v) is 2.17. The van der Waals surface area contributed by atoms with Crippen LogP contribution < -0.4 is 5.32 Å². The van der Waals surface area contributed by atoms with Crippen molar-refractivity contribution in [2.75, 3.05) is 11.9 Å². The number of hydrogen-bond acceptors (Lipinski definition) is 4. The molecule has 1 heterocycles. The maximum atomic E-state index is 8.76. The van der Waals surface area contributed by atoms with E-state index in [1.54, 1.807) is 6.07 Å². The van der Waals surface area contributed by atoms with Crippen LogP contribution in [0.1, 0.15) is 38.8 Å². The van der Waals surface area contributed by atoms with E-state index in [2.05, 4.69) is 29.1 Å². The minimum Gasteiger partial charge on any atom is -0.369 e. The third kappa shape index (κ3) is 2.73. The Kier molecular flexibility index (Phi) is 3.28. The zero-order valence-corrected chi connectivity index (χ0v) is 10.4. The molecule has 1 saturated carbocycles. The van der Waals surface area contributed by atoms with Crippen molar-refractivity contribution in [3.63, 3.8) is 0 Å². The Balaban J connectivity index is 1.95. The highest BCUT2D eigenvalue weighted by molar-refractivity contribution is 5.38. The summed E-state index contributed by atoms with van der Waals surface area (Å²) < 4.78 is 0. The van der Waals surface area contributed by atoms with E-state index in [0.717, 1.165) is 18.3 Å². The number of rotatable bonds is 4. The molecule has 1 aliphatic carbocycles. The first-order valence-electron chi connectivity index (χ1n) is 6.08. The molecule has 1 fully saturated rings. The number of hydrogen-bond donors (Lipinski definition) is 1. The number of nitriles is 1. The lowest BCUT2D eigenvalue weighted by Gasteiger charge is -2.40. The predicted octanol–water partition coefficient (Wildman–Crippen LogP) is 2.59. The molecule has 0 aromatic carbocycles. The van der Waals surface area contributed by atoms with E-state index in [4.69, 9.17) is 5.26 Å². The minimum absolute atomic E-state index is 0.288. The lowest BCUT2D eigenvalue weighted by atomic mass is 9.67. The van der Waals surface area contributed by atoms with E-state index in [0.29, 0.717) is 5.69 Å². The summed E-state index contributed by atoms with van der Waals surface area (Å²) in [6.07, 6.45) is 5.46. The van der Waals surface area contributed by atoms with Gasteiger partial charge >= 0.3 is 0 Å². The van der Waals surface area contributed by atoms with Gasteiger partial charge in [-0.15, -0.1) is 0 Å². The van der Waals surface area contributed by atoms with Crippen molar-refractivity contribution in [3.8, 4) is 6.07 Å². The van der Waals surface area contributed by atoms with Gasteiger partial charge in [-0.3, -0.25) is 0 Å². The fraction of sp³-hybridized carbons (Fsp3) is 0.615. The van der Waals surface area contributed by atoms with Crippen LogP contribution in [-0.4, -0.2) is 16.5 Å². The summed E-state index contributed by atoms with van der Waals surface area (Å²) in [5.41, 5.74) is 0.694. The molecule has 0 spiro atoms. The lowest BCUT2D eigenvalue weighted by Crippen LogP contribution is -2.35. The van der Waals surface area contributed by atoms with Gasteiger partial charge in [0.2, 0.25) is 0 Å². The van der Waals surface area contributed by atoms with Crippen LogP contribution in [0.25, 0.3) is 0 Å². The van der Waals surface area contributed by atoms with Crippen molar-refractivity contribution < 1.29 is 0 Å². The van der Waals surface area contributed by atoms with Crippen LogP contribution in [0.4, 0.5) is 5.82 Å². The molecule has 0 saturated heterocycles. The van der Waals surface area contributed by atoms with Gasteiger partial charge in [-0.25, -0.2) is 9.97 Å². The van der Waals surface area contributed by atoms with Gasteiger partial charge in [-0.2, -0.15) is 5.26 Å². The molecule has 4 nitrogen and oxygen atoms in total. The molecule has 1 aromatic heterocycles. The number of nitrogens with zero attached hydrogens (tertiary/aromatic N) is 3. The van der Waals surface area contributed by atoms with Crippen LogP contribution in [-0.2, 0) is 0 Å². The van der Waals surface area contributed by atoms with E-state index in [1.165, 1.54) is 25.6 Å². The molecule has 17 heavy (non-hydrogen) atoms. The first-order valence-corrected chi connectivity index (χ1v) is 6.08. The Bertz CT molecular complexity index is 429. The van der Waals surface area contributed by atoms with Crippen molar-refractivity contribution in [3.05, 3.63) is 18.1 Å². The van der Waals surface area contributed by atoms with Gasteiger partial charge in [-0.1, -0.05) is 20.3 Å². The quantitative estimate of drug-likeness (QED) is 0.863. The topological polar surface area (TPSA) is 61.6 Å². The summed E-state index contributed by atoms with van der Waals surface area (Å²) in [6, 6.07) is 3.71. The summed E-state index contributed by atoms with van der Waals surface area (Å²) in [5, 5.41) is 12.1.